The van der Waals surface area contributed by atoms with Crippen LogP contribution in [0.2, 0.25) is 0 Å². The monoisotopic (exact) mass is 620 g/mol. The van der Waals surface area contributed by atoms with E-state index in [-0.39, 0.29) is 42.9 Å². The van der Waals surface area contributed by atoms with Gasteiger partial charge in [0.15, 0.2) is 6.61 Å². The van der Waals surface area contributed by atoms with Crippen LogP contribution in [-0.4, -0.2) is 126 Å². The highest BCUT2D eigenvalue weighted by Crippen LogP contribution is 2.33. The number of azide groups is 1. The van der Waals surface area contributed by atoms with Crippen LogP contribution in [0, 0.1) is 0 Å². The molecule has 3 rings (SSSR count). The van der Waals surface area contributed by atoms with Crippen molar-refractivity contribution in [3.63, 3.8) is 0 Å². The molecule has 2 aliphatic rings. The van der Waals surface area contributed by atoms with Crippen molar-refractivity contribution in [3.8, 4) is 5.75 Å². The van der Waals surface area contributed by atoms with Gasteiger partial charge in [-0.2, -0.15) is 0 Å². The highest BCUT2D eigenvalue weighted by molar-refractivity contribution is 6.24. The number of hydrogen-bond donors (Lipinski definition) is 2. The first-order valence-corrected chi connectivity index (χ1v) is 14.1. The number of carbonyl (C=O) groups is 5. The van der Waals surface area contributed by atoms with Crippen molar-refractivity contribution in [2.75, 3.05) is 85.8 Å². The number of amides is 5. The summed E-state index contributed by atoms with van der Waals surface area (Å²) in [5, 5.41) is 8.13. The van der Waals surface area contributed by atoms with E-state index in [0.717, 1.165) is 4.90 Å². The molecule has 0 aromatic heterocycles. The fourth-order valence-corrected chi connectivity index (χ4v) is 4.19. The maximum Gasteiger partial charge on any atom is 0.266 e. The number of imide groups is 2. The number of rotatable bonds is 22. The molecule has 1 fully saturated rings. The molecule has 1 unspecified atom stereocenters. The molecule has 2 N–H and O–H groups in total. The topological polar surface area (TPSA) is 217 Å². The van der Waals surface area contributed by atoms with Crippen LogP contribution in [0.1, 0.15) is 33.6 Å². The molecular formula is C27H36N6O11. The second kappa shape index (κ2) is 19.2. The third-order valence-electron chi connectivity index (χ3n) is 6.24. The van der Waals surface area contributed by atoms with E-state index in [4.69, 9.17) is 34.0 Å². The molecule has 0 spiro atoms. The molecule has 0 radical (unpaired) electrons. The number of hydrogen-bond acceptors (Lipinski definition) is 12. The molecule has 2 heterocycles. The highest BCUT2D eigenvalue weighted by Gasteiger charge is 2.46. The maximum atomic E-state index is 13.1. The summed E-state index contributed by atoms with van der Waals surface area (Å²) in [4.78, 5) is 65.3. The normalized spacial score (nSPS) is 16.0. The van der Waals surface area contributed by atoms with Gasteiger partial charge in [-0.3, -0.25) is 34.2 Å². The van der Waals surface area contributed by atoms with Gasteiger partial charge < -0.3 is 33.7 Å². The first-order valence-electron chi connectivity index (χ1n) is 14.1. The van der Waals surface area contributed by atoms with Gasteiger partial charge in [-0.15, -0.1) is 0 Å². The molecule has 1 aromatic rings. The van der Waals surface area contributed by atoms with Crippen molar-refractivity contribution in [1.29, 1.82) is 0 Å². The molecule has 1 saturated heterocycles. The summed E-state index contributed by atoms with van der Waals surface area (Å²) in [5.74, 6) is -2.96. The van der Waals surface area contributed by atoms with Crippen LogP contribution in [0.25, 0.3) is 10.4 Å². The van der Waals surface area contributed by atoms with Gasteiger partial charge in [0.2, 0.25) is 11.8 Å². The van der Waals surface area contributed by atoms with Crippen molar-refractivity contribution in [1.82, 2.24) is 15.5 Å². The smallest absolute Gasteiger partial charge is 0.266 e. The zero-order chi connectivity index (χ0) is 31.6. The Morgan fingerprint density at radius 1 is 0.909 bits per heavy atom. The van der Waals surface area contributed by atoms with Gasteiger partial charge in [-0.1, -0.05) is 11.2 Å². The number of piperidine rings is 1. The summed E-state index contributed by atoms with van der Waals surface area (Å²) < 4.78 is 32.3. The van der Waals surface area contributed by atoms with Crippen molar-refractivity contribution in [3.05, 3.63) is 39.8 Å². The van der Waals surface area contributed by atoms with Crippen LogP contribution in [0.4, 0.5) is 0 Å². The first kappa shape index (κ1) is 34.4. The van der Waals surface area contributed by atoms with E-state index >= 15 is 0 Å². The predicted molar refractivity (Wildman–Crippen MR) is 150 cm³/mol. The summed E-state index contributed by atoms with van der Waals surface area (Å²) >= 11 is 0. The summed E-state index contributed by atoms with van der Waals surface area (Å²) in [6.07, 6.45) is 0.0488. The number of carbonyl (C=O) groups excluding carboxylic acids is 5. The Balaban J connectivity index is 1.20. The van der Waals surface area contributed by atoms with E-state index in [1.54, 1.807) is 0 Å². The Bertz CT molecular complexity index is 1210. The SMILES string of the molecule is [N-]=[N+]=NCCOCCOCCOCCOCCOCCNC(=O)COc1cccc2c1C(=O)N(C1CCC(=O)NC1=O)C2=O. The van der Waals surface area contributed by atoms with E-state index in [9.17, 15) is 24.0 Å². The molecule has 5 amide bonds. The highest BCUT2D eigenvalue weighted by atomic mass is 16.6. The van der Waals surface area contributed by atoms with Crippen LogP contribution in [0.3, 0.4) is 0 Å². The zero-order valence-corrected chi connectivity index (χ0v) is 24.2. The fourth-order valence-electron chi connectivity index (χ4n) is 4.19. The second-order valence-electron chi connectivity index (χ2n) is 9.28. The number of ether oxygens (including phenoxy) is 6. The van der Waals surface area contributed by atoms with Crippen molar-refractivity contribution < 1.29 is 52.4 Å². The fraction of sp³-hybridized carbons (Fsp3) is 0.593. The van der Waals surface area contributed by atoms with Gasteiger partial charge in [0.1, 0.15) is 11.8 Å². The molecule has 1 aromatic carbocycles. The minimum atomic E-state index is -1.10. The van der Waals surface area contributed by atoms with Crippen molar-refractivity contribution >= 4 is 29.5 Å². The quantitative estimate of drug-likeness (QED) is 0.0577. The molecule has 0 saturated carbocycles. The molecule has 0 aliphatic carbocycles. The Morgan fingerprint density at radius 3 is 2.14 bits per heavy atom. The van der Waals surface area contributed by atoms with E-state index in [2.05, 4.69) is 20.7 Å². The Labute approximate surface area is 253 Å². The molecule has 240 valence electrons. The summed E-state index contributed by atoms with van der Waals surface area (Å²) in [6.45, 7) is 3.86. The van der Waals surface area contributed by atoms with Crippen molar-refractivity contribution in [2.24, 2.45) is 5.11 Å². The lowest BCUT2D eigenvalue weighted by molar-refractivity contribution is -0.136. The van der Waals surface area contributed by atoms with Crippen LogP contribution in [-0.2, 0) is 38.1 Å². The number of nitrogens with zero attached hydrogens (tertiary/aromatic N) is 4. The Kier molecular flexibility index (Phi) is 15.0. The minimum Gasteiger partial charge on any atom is -0.483 e. The van der Waals surface area contributed by atoms with E-state index in [1.165, 1.54) is 18.2 Å². The van der Waals surface area contributed by atoms with E-state index < -0.39 is 42.2 Å². The first-order chi connectivity index (χ1) is 21.4. The molecule has 1 atom stereocenters. The zero-order valence-electron chi connectivity index (χ0n) is 24.2. The van der Waals surface area contributed by atoms with Gasteiger partial charge in [-0.25, -0.2) is 0 Å². The standard InChI is InChI=1S/C27H36N6O11/c28-32-30-7-9-40-11-13-42-15-17-43-16-14-41-12-10-39-8-6-29-23(35)18-44-21-3-1-2-19-24(21)27(38)33(26(19)37)20-4-5-22(34)31-25(20)36/h1-3,20H,4-18H2,(H,29,35)(H,31,34,36). The van der Waals surface area contributed by atoms with Crippen LogP contribution in [0.5, 0.6) is 5.75 Å². The van der Waals surface area contributed by atoms with Gasteiger partial charge >= 0.3 is 0 Å². The molecule has 17 nitrogen and oxygen atoms in total. The Morgan fingerprint density at radius 2 is 1.52 bits per heavy atom. The molecule has 44 heavy (non-hydrogen) atoms. The third kappa shape index (κ3) is 10.9. The summed E-state index contributed by atoms with van der Waals surface area (Å²) in [7, 11) is 0. The predicted octanol–water partition coefficient (Wildman–Crippen LogP) is -0.0239. The van der Waals surface area contributed by atoms with Crippen LogP contribution in [0.15, 0.2) is 23.3 Å². The average molecular weight is 621 g/mol. The maximum absolute atomic E-state index is 13.1. The molecule has 2 aliphatic heterocycles. The lowest BCUT2D eigenvalue weighted by Crippen LogP contribution is -2.54. The van der Waals surface area contributed by atoms with Gasteiger partial charge in [0.05, 0.1) is 77.2 Å². The lowest BCUT2D eigenvalue weighted by atomic mass is 10.0. The van der Waals surface area contributed by atoms with Crippen LogP contribution < -0.4 is 15.4 Å². The second-order valence-corrected chi connectivity index (χ2v) is 9.28. The number of benzene rings is 1. The van der Waals surface area contributed by atoms with E-state index in [1.807, 2.05) is 0 Å². The number of fused-ring (bicyclic) bond motifs is 1. The van der Waals surface area contributed by atoms with E-state index in [0.29, 0.717) is 66.0 Å². The lowest BCUT2D eigenvalue weighted by Gasteiger charge is -2.27. The minimum absolute atomic E-state index is 0.0120. The largest absolute Gasteiger partial charge is 0.483 e. The summed E-state index contributed by atoms with van der Waals surface area (Å²) in [5.41, 5.74) is 8.17. The van der Waals surface area contributed by atoms with Gasteiger partial charge in [0.25, 0.3) is 17.7 Å². The van der Waals surface area contributed by atoms with Crippen molar-refractivity contribution in [2.45, 2.75) is 18.9 Å². The molecular weight excluding hydrogens is 584 g/mol. The number of nitrogens with one attached hydrogen (secondary N) is 2. The molecule has 0 bridgehead atoms. The van der Waals surface area contributed by atoms with Crippen LogP contribution >= 0.6 is 0 Å². The summed E-state index contributed by atoms with van der Waals surface area (Å²) in [6, 6.07) is 3.32. The van der Waals surface area contributed by atoms with Gasteiger partial charge in [-0.05, 0) is 24.1 Å². The third-order valence-corrected chi connectivity index (χ3v) is 6.24. The average Bonchev–Trinajstić information content (AvgIpc) is 3.27. The molecule has 17 heteroatoms. The Hall–Kier alpha value is -4.12. The van der Waals surface area contributed by atoms with Gasteiger partial charge in [0, 0.05) is 24.4 Å².